The van der Waals surface area contributed by atoms with Crippen LogP contribution in [0.1, 0.15) is 0 Å². The Labute approximate surface area is 268 Å². The molecule has 0 N–H and O–H groups in total. The van der Waals surface area contributed by atoms with Gasteiger partial charge in [-0.25, -0.2) is 0 Å². The summed E-state index contributed by atoms with van der Waals surface area (Å²) in [4.78, 5) is 8.75. The smallest absolute Gasteiger partial charge is 0.0550 e. The molecular weight excluding hydrogens is 560 g/mol. The van der Waals surface area contributed by atoms with Gasteiger partial charge in [-0.3, -0.25) is 9.97 Å². The van der Waals surface area contributed by atoms with Crippen LogP contribution in [0.2, 0.25) is 0 Å². The zero-order valence-corrected chi connectivity index (χ0v) is 25.1. The molecule has 4 nitrogen and oxygen atoms in total. The van der Waals surface area contributed by atoms with E-state index in [-0.39, 0.29) is 0 Å². The summed E-state index contributed by atoms with van der Waals surface area (Å²) in [7, 11) is 0. The van der Waals surface area contributed by atoms with Crippen LogP contribution in [-0.4, -0.2) is 19.1 Å². The number of hydrogen-bond acceptors (Lipinski definition) is 2. The van der Waals surface area contributed by atoms with E-state index in [4.69, 9.17) is 0 Å². The van der Waals surface area contributed by atoms with E-state index in [1.165, 1.54) is 11.1 Å². The molecule has 4 heterocycles. The molecule has 0 fully saturated rings. The Kier molecular flexibility index (Phi) is 7.14. The molecule has 0 saturated heterocycles. The molecule has 4 heteroatoms. The van der Waals surface area contributed by atoms with Gasteiger partial charge in [-0.2, -0.15) is 0 Å². The molecule has 8 rings (SSSR count). The predicted molar refractivity (Wildman–Crippen MR) is 188 cm³/mol. The van der Waals surface area contributed by atoms with Crippen LogP contribution in [0.3, 0.4) is 0 Å². The predicted octanol–water partition coefficient (Wildman–Crippen LogP) is 10.4. The van der Waals surface area contributed by atoms with Crippen molar-refractivity contribution in [2.75, 3.05) is 0 Å². The van der Waals surface area contributed by atoms with Crippen molar-refractivity contribution in [3.63, 3.8) is 0 Å². The van der Waals surface area contributed by atoms with Crippen LogP contribution in [0.25, 0.3) is 67.5 Å². The van der Waals surface area contributed by atoms with Crippen molar-refractivity contribution < 1.29 is 0 Å². The van der Waals surface area contributed by atoms with E-state index in [0.29, 0.717) is 0 Å². The molecule has 0 aliphatic heterocycles. The highest BCUT2D eigenvalue weighted by Gasteiger charge is 2.16. The molecule has 46 heavy (non-hydrogen) atoms. The minimum atomic E-state index is 1.06. The molecule has 0 aliphatic carbocycles. The molecular formula is C42H30N4. The van der Waals surface area contributed by atoms with Gasteiger partial charge in [0.1, 0.15) is 0 Å². The van der Waals surface area contributed by atoms with Crippen LogP contribution in [-0.2, 0) is 0 Å². The molecule has 0 saturated carbocycles. The van der Waals surface area contributed by atoms with Crippen LogP contribution < -0.4 is 0 Å². The largest absolute Gasteiger partial charge is 0.309 e. The number of benzene rings is 4. The highest BCUT2D eigenvalue weighted by Crippen LogP contribution is 2.35. The minimum Gasteiger partial charge on any atom is -0.309 e. The monoisotopic (exact) mass is 590 g/mol. The Morgan fingerprint density at radius 3 is 0.978 bits per heavy atom. The molecule has 4 aromatic heterocycles. The fourth-order valence-electron chi connectivity index (χ4n) is 6.18. The van der Waals surface area contributed by atoms with E-state index < -0.39 is 0 Å². The maximum Gasteiger partial charge on any atom is 0.0550 e. The average molecular weight is 591 g/mol. The van der Waals surface area contributed by atoms with Crippen LogP contribution in [0, 0.1) is 0 Å². The van der Waals surface area contributed by atoms with Crippen LogP contribution in [0.5, 0.6) is 0 Å². The van der Waals surface area contributed by atoms with Gasteiger partial charge in [-0.1, -0.05) is 84.9 Å². The number of rotatable bonds is 7. The molecule has 0 bridgehead atoms. The summed E-state index contributed by atoms with van der Waals surface area (Å²) in [6.45, 7) is 0. The zero-order valence-electron chi connectivity index (χ0n) is 25.1. The number of pyridine rings is 2. The van der Waals surface area contributed by atoms with Gasteiger partial charge < -0.3 is 9.13 Å². The second-order valence-corrected chi connectivity index (χ2v) is 11.2. The third-order valence-corrected chi connectivity index (χ3v) is 8.40. The van der Waals surface area contributed by atoms with Crippen molar-refractivity contribution in [1.82, 2.24) is 19.1 Å². The van der Waals surface area contributed by atoms with E-state index in [0.717, 1.165) is 56.4 Å². The summed E-state index contributed by atoms with van der Waals surface area (Å²) >= 11 is 0. The lowest BCUT2D eigenvalue weighted by atomic mass is 10.0. The Balaban J connectivity index is 1.16. The molecule has 0 unspecified atom stereocenters. The van der Waals surface area contributed by atoms with Gasteiger partial charge in [0.25, 0.3) is 0 Å². The Morgan fingerprint density at radius 1 is 0.283 bits per heavy atom. The average Bonchev–Trinajstić information content (AvgIpc) is 3.79. The minimum absolute atomic E-state index is 1.06. The first kappa shape index (κ1) is 27.3. The van der Waals surface area contributed by atoms with Gasteiger partial charge in [0.2, 0.25) is 0 Å². The van der Waals surface area contributed by atoms with Crippen LogP contribution in [0.15, 0.2) is 183 Å². The lowest BCUT2D eigenvalue weighted by molar-refractivity contribution is 1.09. The van der Waals surface area contributed by atoms with E-state index in [9.17, 15) is 0 Å². The number of nitrogens with zero attached hydrogens (tertiary/aromatic N) is 4. The SMILES string of the molecule is c1ccc(-c2ccc(-c3ccccc3)n2-c2ccc(-c3ccc(-n4c(-c5cccnc5)ccc4-c4cccnc4)cc3)cc2)cc1. The molecule has 0 amide bonds. The van der Waals surface area contributed by atoms with Crippen molar-refractivity contribution >= 4 is 0 Å². The third kappa shape index (κ3) is 5.12. The maximum absolute atomic E-state index is 4.37. The summed E-state index contributed by atoms with van der Waals surface area (Å²) < 4.78 is 4.63. The fourth-order valence-corrected chi connectivity index (χ4v) is 6.18. The second kappa shape index (κ2) is 12.0. The Bertz CT molecular complexity index is 1920. The first-order valence-electron chi connectivity index (χ1n) is 15.4. The van der Waals surface area contributed by atoms with Gasteiger partial charge in [0.15, 0.2) is 0 Å². The second-order valence-electron chi connectivity index (χ2n) is 11.2. The molecule has 4 aromatic carbocycles. The highest BCUT2D eigenvalue weighted by molar-refractivity contribution is 5.76. The first-order valence-corrected chi connectivity index (χ1v) is 15.4. The summed E-state index contributed by atoms with van der Waals surface area (Å²) in [6, 6.07) is 55.7. The number of hydrogen-bond donors (Lipinski definition) is 0. The summed E-state index contributed by atoms with van der Waals surface area (Å²) in [5, 5.41) is 0. The lowest BCUT2D eigenvalue weighted by Crippen LogP contribution is -2.00. The van der Waals surface area contributed by atoms with Crippen LogP contribution in [0.4, 0.5) is 0 Å². The highest BCUT2D eigenvalue weighted by atomic mass is 15.0. The molecule has 0 radical (unpaired) electrons. The van der Waals surface area contributed by atoms with Crippen molar-refractivity contribution in [3.8, 4) is 67.5 Å². The fraction of sp³-hybridized carbons (Fsp3) is 0. The topological polar surface area (TPSA) is 35.6 Å². The Morgan fingerprint density at radius 2 is 0.630 bits per heavy atom. The summed E-state index contributed by atoms with van der Waals surface area (Å²) in [5.41, 5.74) is 13.5. The summed E-state index contributed by atoms with van der Waals surface area (Å²) in [6.07, 6.45) is 7.43. The zero-order chi connectivity index (χ0) is 30.7. The molecule has 0 spiro atoms. The Hall–Kier alpha value is -6.26. The van der Waals surface area contributed by atoms with Crippen molar-refractivity contribution in [1.29, 1.82) is 0 Å². The summed E-state index contributed by atoms with van der Waals surface area (Å²) in [5.74, 6) is 0. The lowest BCUT2D eigenvalue weighted by Gasteiger charge is -2.16. The van der Waals surface area contributed by atoms with Gasteiger partial charge in [-0.05, 0) is 95.1 Å². The van der Waals surface area contributed by atoms with Crippen molar-refractivity contribution in [3.05, 3.63) is 183 Å². The van der Waals surface area contributed by atoms with E-state index in [1.807, 2.05) is 24.5 Å². The molecule has 8 aromatic rings. The maximum atomic E-state index is 4.37. The van der Waals surface area contributed by atoms with Crippen molar-refractivity contribution in [2.45, 2.75) is 0 Å². The van der Waals surface area contributed by atoms with E-state index >= 15 is 0 Å². The molecule has 0 atom stereocenters. The van der Waals surface area contributed by atoms with E-state index in [1.54, 1.807) is 12.4 Å². The molecule has 218 valence electrons. The molecule has 0 aliphatic rings. The van der Waals surface area contributed by atoms with Crippen LogP contribution >= 0.6 is 0 Å². The normalized spacial score (nSPS) is 11.0. The van der Waals surface area contributed by atoms with Gasteiger partial charge in [0.05, 0.1) is 22.8 Å². The quantitative estimate of drug-likeness (QED) is 0.185. The van der Waals surface area contributed by atoms with Crippen molar-refractivity contribution in [2.24, 2.45) is 0 Å². The van der Waals surface area contributed by atoms with E-state index in [2.05, 4.69) is 165 Å². The standard InChI is InChI=1S/C42H30N4/c1-3-9-33(10-4-1)39-23-24-40(34-11-5-2-6-12-34)45(39)37-19-15-31(16-20-37)32-17-21-38(22-18-32)46-41(35-13-7-27-43-29-35)25-26-42(46)36-14-8-28-44-30-36/h1-30H. The van der Waals surface area contributed by atoms with Gasteiger partial charge in [-0.15, -0.1) is 0 Å². The number of aromatic nitrogens is 4. The third-order valence-electron chi connectivity index (χ3n) is 8.40. The first-order chi connectivity index (χ1) is 22.8. The van der Waals surface area contributed by atoms with Gasteiger partial charge in [0, 0.05) is 47.3 Å². The van der Waals surface area contributed by atoms with Gasteiger partial charge >= 0.3 is 0 Å².